The lowest BCUT2D eigenvalue weighted by Crippen LogP contribution is -2.59. The van der Waals surface area contributed by atoms with E-state index < -0.39 is 5.66 Å². The molecule has 5 rings (SSSR count). The lowest BCUT2D eigenvalue weighted by atomic mass is 9.84. The Hall–Kier alpha value is -2.08. The smallest absolute Gasteiger partial charge is 0.255 e. The molecule has 2 aromatic rings. The van der Waals surface area contributed by atoms with Crippen molar-refractivity contribution in [1.29, 1.82) is 0 Å². The van der Waals surface area contributed by atoms with Crippen molar-refractivity contribution in [1.82, 2.24) is 10.2 Å². The van der Waals surface area contributed by atoms with E-state index in [2.05, 4.69) is 27.7 Å². The van der Waals surface area contributed by atoms with E-state index in [0.717, 1.165) is 49.6 Å². The van der Waals surface area contributed by atoms with Crippen LogP contribution in [0.2, 0.25) is 5.02 Å². The van der Waals surface area contributed by atoms with Crippen molar-refractivity contribution in [2.75, 3.05) is 25.0 Å². The molecule has 0 saturated carbocycles. The number of fused-ring (bicyclic) bond motifs is 1. The molecule has 1 atom stereocenters. The van der Waals surface area contributed by atoms with Crippen LogP contribution in [0.5, 0.6) is 0 Å². The second-order valence-corrected chi connectivity index (χ2v) is 8.69. The van der Waals surface area contributed by atoms with Crippen molar-refractivity contribution in [3.8, 4) is 0 Å². The predicted molar refractivity (Wildman–Crippen MR) is 110 cm³/mol. The summed E-state index contributed by atoms with van der Waals surface area (Å²) in [7, 11) is 0. The van der Waals surface area contributed by atoms with Crippen LogP contribution in [0.1, 0.15) is 35.2 Å². The molecule has 5 nitrogen and oxygen atoms in total. The largest absolute Gasteiger partial charge is 0.370 e. The SMILES string of the molecule is O=C1N[C@@]2(COC3(CCN(Cc4ccc(Cl)cc4)CC3)C2)Nc2ccccc21. The summed E-state index contributed by atoms with van der Waals surface area (Å²) in [6.45, 7) is 3.41. The van der Waals surface area contributed by atoms with Crippen molar-refractivity contribution < 1.29 is 9.53 Å². The van der Waals surface area contributed by atoms with Gasteiger partial charge in [-0.3, -0.25) is 9.69 Å². The second-order valence-electron chi connectivity index (χ2n) is 8.26. The number of halogens is 1. The highest BCUT2D eigenvalue weighted by molar-refractivity contribution is 6.30. The van der Waals surface area contributed by atoms with Crippen LogP contribution in [0.3, 0.4) is 0 Å². The van der Waals surface area contributed by atoms with E-state index >= 15 is 0 Å². The normalized spacial score (nSPS) is 26.1. The summed E-state index contributed by atoms with van der Waals surface area (Å²) in [5.74, 6) is -0.0184. The summed E-state index contributed by atoms with van der Waals surface area (Å²) in [5.41, 5.74) is 2.22. The summed E-state index contributed by atoms with van der Waals surface area (Å²) in [6.07, 6.45) is 2.75. The Morgan fingerprint density at radius 2 is 1.79 bits per heavy atom. The van der Waals surface area contributed by atoms with Crippen molar-refractivity contribution in [3.63, 3.8) is 0 Å². The predicted octanol–water partition coefficient (Wildman–Crippen LogP) is 3.65. The first-order chi connectivity index (χ1) is 13.5. The number of anilines is 1. The van der Waals surface area contributed by atoms with Gasteiger partial charge in [-0.15, -0.1) is 0 Å². The van der Waals surface area contributed by atoms with Gasteiger partial charge in [-0.05, 0) is 42.7 Å². The number of carbonyl (C=O) groups is 1. The molecule has 3 aliphatic heterocycles. The van der Waals surface area contributed by atoms with Crippen molar-refractivity contribution in [3.05, 3.63) is 64.7 Å². The Bertz CT molecular complexity index is 893. The average Bonchev–Trinajstić information content (AvgIpc) is 3.03. The highest BCUT2D eigenvalue weighted by Gasteiger charge is 2.53. The number of amides is 1. The van der Waals surface area contributed by atoms with Gasteiger partial charge < -0.3 is 15.4 Å². The topological polar surface area (TPSA) is 53.6 Å². The van der Waals surface area contributed by atoms with Crippen LogP contribution in [-0.2, 0) is 11.3 Å². The molecule has 2 spiro atoms. The van der Waals surface area contributed by atoms with Gasteiger partial charge in [-0.1, -0.05) is 35.9 Å². The van der Waals surface area contributed by atoms with Gasteiger partial charge >= 0.3 is 0 Å². The lowest BCUT2D eigenvalue weighted by molar-refractivity contribution is -0.0452. The molecule has 146 valence electrons. The Balaban J connectivity index is 1.24. The molecule has 0 bridgehead atoms. The van der Waals surface area contributed by atoms with Crippen LogP contribution in [0.25, 0.3) is 0 Å². The van der Waals surface area contributed by atoms with Crippen molar-refractivity contribution >= 4 is 23.2 Å². The van der Waals surface area contributed by atoms with Gasteiger partial charge in [0, 0.05) is 36.8 Å². The Labute approximate surface area is 170 Å². The van der Waals surface area contributed by atoms with E-state index in [1.165, 1.54) is 5.56 Å². The number of hydrogen-bond donors (Lipinski definition) is 2. The fraction of sp³-hybridized carbons (Fsp3) is 0.409. The molecular weight excluding hydrogens is 374 g/mol. The molecule has 2 N–H and O–H groups in total. The number of hydrogen-bond acceptors (Lipinski definition) is 4. The summed E-state index contributed by atoms with van der Waals surface area (Å²) in [4.78, 5) is 15.0. The fourth-order valence-corrected chi connectivity index (χ4v) is 4.87. The number of nitrogens with one attached hydrogen (secondary N) is 2. The number of carbonyl (C=O) groups excluding carboxylic acids is 1. The highest BCUT2D eigenvalue weighted by Crippen LogP contribution is 2.43. The maximum Gasteiger partial charge on any atom is 0.255 e. The summed E-state index contributed by atoms with van der Waals surface area (Å²) in [5, 5.41) is 7.50. The van der Waals surface area contributed by atoms with Crippen LogP contribution in [0.15, 0.2) is 48.5 Å². The zero-order valence-corrected chi connectivity index (χ0v) is 16.5. The number of rotatable bonds is 2. The van der Waals surface area contributed by atoms with Gasteiger partial charge in [0.15, 0.2) is 0 Å². The van der Waals surface area contributed by atoms with Crippen LogP contribution < -0.4 is 10.6 Å². The Kier molecular flexibility index (Phi) is 4.34. The molecule has 2 saturated heterocycles. The van der Waals surface area contributed by atoms with Gasteiger partial charge in [0.2, 0.25) is 0 Å². The van der Waals surface area contributed by atoms with E-state index in [9.17, 15) is 4.79 Å². The minimum atomic E-state index is -0.496. The molecule has 2 aromatic carbocycles. The molecule has 3 heterocycles. The lowest BCUT2D eigenvalue weighted by Gasteiger charge is -2.41. The van der Waals surface area contributed by atoms with E-state index in [4.69, 9.17) is 16.3 Å². The molecule has 1 amide bonds. The van der Waals surface area contributed by atoms with Gasteiger partial charge in [-0.2, -0.15) is 0 Å². The molecular formula is C22H24ClN3O2. The number of ether oxygens (including phenoxy) is 1. The zero-order chi connectivity index (χ0) is 19.2. The molecule has 2 fully saturated rings. The van der Waals surface area contributed by atoms with Gasteiger partial charge in [0.05, 0.1) is 17.8 Å². The number of benzene rings is 2. The monoisotopic (exact) mass is 397 g/mol. The molecule has 0 unspecified atom stereocenters. The first kappa shape index (κ1) is 18.0. The minimum Gasteiger partial charge on any atom is -0.370 e. The van der Waals surface area contributed by atoms with Gasteiger partial charge in [-0.25, -0.2) is 0 Å². The molecule has 0 aromatic heterocycles. The van der Waals surface area contributed by atoms with Crippen LogP contribution in [-0.4, -0.2) is 41.8 Å². The van der Waals surface area contributed by atoms with Crippen molar-refractivity contribution in [2.24, 2.45) is 0 Å². The maximum atomic E-state index is 12.6. The molecule has 0 radical (unpaired) electrons. The number of nitrogens with zero attached hydrogens (tertiary/aromatic N) is 1. The van der Waals surface area contributed by atoms with Crippen molar-refractivity contribution in [2.45, 2.75) is 37.1 Å². The summed E-state index contributed by atoms with van der Waals surface area (Å²) < 4.78 is 6.33. The van der Waals surface area contributed by atoms with Gasteiger partial charge in [0.25, 0.3) is 5.91 Å². The van der Waals surface area contributed by atoms with Crippen LogP contribution >= 0.6 is 11.6 Å². The van der Waals surface area contributed by atoms with Gasteiger partial charge in [0.1, 0.15) is 5.66 Å². The van der Waals surface area contributed by atoms with E-state index in [1.54, 1.807) is 0 Å². The summed E-state index contributed by atoms with van der Waals surface area (Å²) >= 11 is 5.98. The maximum absolute atomic E-state index is 12.6. The first-order valence-electron chi connectivity index (χ1n) is 9.85. The van der Waals surface area contributed by atoms with Crippen LogP contribution in [0.4, 0.5) is 5.69 Å². The zero-order valence-electron chi connectivity index (χ0n) is 15.7. The number of likely N-dealkylation sites (tertiary alicyclic amines) is 1. The van der Waals surface area contributed by atoms with E-state index in [-0.39, 0.29) is 11.5 Å². The van der Waals surface area contributed by atoms with E-state index in [0.29, 0.717) is 12.2 Å². The Morgan fingerprint density at radius 1 is 1.04 bits per heavy atom. The Morgan fingerprint density at radius 3 is 2.57 bits per heavy atom. The van der Waals surface area contributed by atoms with Crippen LogP contribution in [0, 0.1) is 0 Å². The number of para-hydroxylation sites is 1. The third-order valence-electron chi connectivity index (χ3n) is 6.23. The molecule has 0 aliphatic carbocycles. The standard InChI is InChI=1S/C22H24ClN3O2/c23-17-7-5-16(6-8-17)13-26-11-9-21(10-12-26)14-22(15-28-21)24-19-4-2-1-3-18(19)20(27)25-22/h1-8,24H,9-15H2,(H,25,27)/t22-/m0/s1. The second kappa shape index (κ2) is 6.76. The minimum absolute atomic E-state index is 0.0184. The molecule has 6 heteroatoms. The average molecular weight is 398 g/mol. The first-order valence-corrected chi connectivity index (χ1v) is 10.2. The third kappa shape index (κ3) is 3.28. The summed E-state index contributed by atoms with van der Waals surface area (Å²) in [6, 6.07) is 15.7. The molecule has 3 aliphatic rings. The highest BCUT2D eigenvalue weighted by atomic mass is 35.5. The van der Waals surface area contributed by atoms with E-state index in [1.807, 2.05) is 36.4 Å². The number of piperidine rings is 1. The third-order valence-corrected chi connectivity index (χ3v) is 6.49. The molecule has 28 heavy (non-hydrogen) atoms. The quantitative estimate of drug-likeness (QED) is 0.812. The fourth-order valence-electron chi connectivity index (χ4n) is 4.74.